The quantitative estimate of drug-likeness (QED) is 0.394. The van der Waals surface area contributed by atoms with E-state index in [0.717, 1.165) is 22.3 Å². The Balaban J connectivity index is 1.59. The third-order valence-electron chi connectivity index (χ3n) is 6.64. The molecule has 188 valence electrons. The zero-order valence-corrected chi connectivity index (χ0v) is 20.2. The zero-order valence-electron chi connectivity index (χ0n) is 20.2. The molecule has 0 saturated heterocycles. The maximum atomic E-state index is 12.9. The van der Waals surface area contributed by atoms with Crippen LogP contribution in [0.2, 0.25) is 0 Å². The summed E-state index contributed by atoms with van der Waals surface area (Å²) in [5.41, 5.74) is 5.72. The van der Waals surface area contributed by atoms with E-state index in [2.05, 4.69) is 22.9 Å². The van der Waals surface area contributed by atoms with Crippen LogP contribution < -0.4 is 10.8 Å². The molecule has 9 heteroatoms. The highest BCUT2D eigenvalue weighted by Crippen LogP contribution is 2.44. The minimum absolute atomic E-state index is 0.00782. The molecule has 1 atom stereocenters. The maximum absolute atomic E-state index is 12.9. The van der Waals surface area contributed by atoms with Gasteiger partial charge in [-0.25, -0.2) is 15.1 Å². The molecule has 0 spiro atoms. The molecule has 0 aliphatic heterocycles. The van der Waals surface area contributed by atoms with Gasteiger partial charge in [-0.05, 0) is 35.1 Å². The molecule has 3 rings (SSSR count). The highest BCUT2D eigenvalue weighted by Gasteiger charge is 2.37. The lowest BCUT2D eigenvalue weighted by atomic mass is 9.81. The smallest absolute Gasteiger partial charge is 0.407 e. The van der Waals surface area contributed by atoms with Crippen molar-refractivity contribution in [2.24, 2.45) is 5.41 Å². The van der Waals surface area contributed by atoms with Crippen LogP contribution in [0.1, 0.15) is 43.7 Å². The summed E-state index contributed by atoms with van der Waals surface area (Å²) < 4.78 is 10.4. The standard InChI is InChI=1S/C26H32N2O7/c1-4-26(5-2,24(31)28-35-22(15-33-3)23(29)30)16-27-25(32)34-14-21-19-12-8-6-10-17(19)18-11-7-9-13-20(18)21/h6-13,21-22H,4-5,14-16H2,1-3H3,(H,27,32)(H,28,31)(H,29,30). The Morgan fingerprint density at radius 1 is 1.00 bits per heavy atom. The summed E-state index contributed by atoms with van der Waals surface area (Å²) in [4.78, 5) is 41.7. The average Bonchev–Trinajstić information content (AvgIpc) is 3.19. The SMILES string of the molecule is CCC(CC)(CNC(=O)OCC1c2ccccc2-c2ccccc21)C(=O)NOC(COC)C(=O)O. The van der Waals surface area contributed by atoms with Gasteiger partial charge in [-0.15, -0.1) is 0 Å². The molecule has 0 radical (unpaired) electrons. The van der Waals surface area contributed by atoms with Gasteiger partial charge in [0, 0.05) is 19.6 Å². The van der Waals surface area contributed by atoms with Crippen LogP contribution in [-0.2, 0) is 23.9 Å². The molecule has 2 aromatic rings. The van der Waals surface area contributed by atoms with Crippen LogP contribution in [0, 0.1) is 5.41 Å². The van der Waals surface area contributed by atoms with Gasteiger partial charge in [0.15, 0.2) is 0 Å². The number of hydroxylamine groups is 1. The van der Waals surface area contributed by atoms with Crippen LogP contribution in [0.4, 0.5) is 4.79 Å². The maximum Gasteiger partial charge on any atom is 0.407 e. The number of aliphatic carboxylic acids is 1. The van der Waals surface area contributed by atoms with Crippen molar-refractivity contribution < 1.29 is 33.8 Å². The molecule has 2 aromatic carbocycles. The van der Waals surface area contributed by atoms with Gasteiger partial charge >= 0.3 is 12.1 Å². The molecular formula is C26H32N2O7. The first-order chi connectivity index (χ1) is 16.9. The minimum atomic E-state index is -1.34. The number of rotatable bonds is 12. The summed E-state index contributed by atoms with van der Waals surface area (Å²) in [6.45, 7) is 3.57. The number of nitrogens with one attached hydrogen (secondary N) is 2. The van der Waals surface area contributed by atoms with Crippen molar-refractivity contribution in [2.45, 2.75) is 38.7 Å². The first-order valence-electron chi connectivity index (χ1n) is 11.6. The van der Waals surface area contributed by atoms with E-state index in [1.807, 2.05) is 50.2 Å². The van der Waals surface area contributed by atoms with Gasteiger partial charge in [0.05, 0.1) is 12.0 Å². The molecule has 2 amide bonds. The van der Waals surface area contributed by atoms with E-state index < -0.39 is 29.5 Å². The second-order valence-electron chi connectivity index (χ2n) is 8.50. The molecule has 0 bridgehead atoms. The van der Waals surface area contributed by atoms with E-state index >= 15 is 0 Å². The van der Waals surface area contributed by atoms with Crippen molar-refractivity contribution in [3.63, 3.8) is 0 Å². The van der Waals surface area contributed by atoms with Gasteiger partial charge in [0.25, 0.3) is 5.91 Å². The number of alkyl carbamates (subject to hydrolysis) is 1. The van der Waals surface area contributed by atoms with E-state index in [9.17, 15) is 14.4 Å². The van der Waals surface area contributed by atoms with Crippen LogP contribution in [-0.4, -0.2) is 56.0 Å². The predicted molar refractivity (Wildman–Crippen MR) is 129 cm³/mol. The molecule has 0 saturated carbocycles. The molecule has 0 aromatic heterocycles. The van der Waals surface area contributed by atoms with Crippen molar-refractivity contribution in [1.29, 1.82) is 0 Å². The fourth-order valence-electron chi connectivity index (χ4n) is 4.33. The summed E-state index contributed by atoms with van der Waals surface area (Å²) in [6.07, 6.45) is -1.19. The number of carbonyl (C=O) groups is 3. The third-order valence-corrected chi connectivity index (χ3v) is 6.64. The van der Waals surface area contributed by atoms with Crippen LogP contribution in [0.25, 0.3) is 11.1 Å². The monoisotopic (exact) mass is 484 g/mol. The van der Waals surface area contributed by atoms with Crippen molar-refractivity contribution in [1.82, 2.24) is 10.8 Å². The molecule has 9 nitrogen and oxygen atoms in total. The molecule has 1 aliphatic carbocycles. The summed E-state index contributed by atoms with van der Waals surface area (Å²) in [6, 6.07) is 16.1. The van der Waals surface area contributed by atoms with Crippen LogP contribution in [0.5, 0.6) is 0 Å². The lowest BCUT2D eigenvalue weighted by molar-refractivity contribution is -0.168. The molecule has 0 fully saturated rings. The minimum Gasteiger partial charge on any atom is -0.479 e. The zero-order chi connectivity index (χ0) is 25.4. The Bertz CT molecular complexity index is 1010. The highest BCUT2D eigenvalue weighted by molar-refractivity contribution is 5.83. The number of benzene rings is 2. The number of carboxylic acid groups (broad SMARTS) is 1. The fourth-order valence-corrected chi connectivity index (χ4v) is 4.33. The number of ether oxygens (including phenoxy) is 2. The van der Waals surface area contributed by atoms with Crippen molar-refractivity contribution in [3.05, 3.63) is 59.7 Å². The van der Waals surface area contributed by atoms with E-state index in [4.69, 9.17) is 19.4 Å². The summed E-state index contributed by atoms with van der Waals surface area (Å²) in [7, 11) is 1.34. The third kappa shape index (κ3) is 5.80. The van der Waals surface area contributed by atoms with Crippen LogP contribution >= 0.6 is 0 Å². The largest absolute Gasteiger partial charge is 0.479 e. The number of hydrogen-bond acceptors (Lipinski definition) is 6. The number of amides is 2. The van der Waals surface area contributed by atoms with Crippen LogP contribution in [0.3, 0.4) is 0 Å². The Labute approximate surface area is 204 Å². The van der Waals surface area contributed by atoms with Crippen molar-refractivity contribution >= 4 is 18.0 Å². The van der Waals surface area contributed by atoms with Crippen molar-refractivity contribution in [3.8, 4) is 11.1 Å². The van der Waals surface area contributed by atoms with Crippen molar-refractivity contribution in [2.75, 3.05) is 26.9 Å². The molecule has 35 heavy (non-hydrogen) atoms. The highest BCUT2D eigenvalue weighted by atomic mass is 16.7. The molecule has 1 aliphatic rings. The van der Waals surface area contributed by atoms with E-state index in [0.29, 0.717) is 12.8 Å². The summed E-state index contributed by atoms with van der Waals surface area (Å²) in [5.74, 6) is -1.85. The van der Waals surface area contributed by atoms with Crippen LogP contribution in [0.15, 0.2) is 48.5 Å². The number of carbonyl (C=O) groups excluding carboxylic acids is 2. The summed E-state index contributed by atoms with van der Waals surface area (Å²) in [5, 5.41) is 11.8. The normalized spacial score (nSPS) is 13.5. The second kappa shape index (κ2) is 11.8. The van der Waals surface area contributed by atoms with E-state index in [1.165, 1.54) is 7.11 Å². The van der Waals surface area contributed by atoms with Gasteiger partial charge in [-0.1, -0.05) is 62.4 Å². The van der Waals surface area contributed by atoms with Gasteiger partial charge in [-0.2, -0.15) is 0 Å². The predicted octanol–water partition coefficient (Wildman–Crippen LogP) is 3.48. The number of carboxylic acids is 1. The number of methoxy groups -OCH3 is 1. The summed E-state index contributed by atoms with van der Waals surface area (Å²) >= 11 is 0. The van der Waals surface area contributed by atoms with Gasteiger partial charge in [0.2, 0.25) is 6.10 Å². The Kier molecular flexibility index (Phi) is 8.84. The Morgan fingerprint density at radius 3 is 2.09 bits per heavy atom. The molecule has 0 heterocycles. The van der Waals surface area contributed by atoms with Gasteiger partial charge in [0.1, 0.15) is 6.61 Å². The second-order valence-corrected chi connectivity index (χ2v) is 8.50. The fraction of sp³-hybridized carbons (Fsp3) is 0.423. The molecular weight excluding hydrogens is 452 g/mol. The first kappa shape index (κ1) is 26.2. The Morgan fingerprint density at radius 2 is 1.57 bits per heavy atom. The lowest BCUT2D eigenvalue weighted by Crippen LogP contribution is -2.49. The van der Waals surface area contributed by atoms with Gasteiger partial charge < -0.3 is 19.9 Å². The van der Waals surface area contributed by atoms with E-state index in [1.54, 1.807) is 0 Å². The van der Waals surface area contributed by atoms with E-state index in [-0.39, 0.29) is 25.7 Å². The number of fused-ring (bicyclic) bond motifs is 3. The lowest BCUT2D eigenvalue weighted by Gasteiger charge is -2.30. The molecule has 1 unspecified atom stereocenters. The van der Waals surface area contributed by atoms with Gasteiger partial charge in [-0.3, -0.25) is 9.63 Å². The average molecular weight is 485 g/mol. The topological polar surface area (TPSA) is 123 Å². The first-order valence-corrected chi connectivity index (χ1v) is 11.6. The molecule has 3 N–H and O–H groups in total. The number of hydrogen-bond donors (Lipinski definition) is 3. The Hall–Kier alpha value is -3.43.